The van der Waals surface area contributed by atoms with E-state index in [1.165, 1.54) is 19.3 Å². The summed E-state index contributed by atoms with van der Waals surface area (Å²) in [4.78, 5) is 0. The Bertz CT molecular complexity index is 274. The fourth-order valence-corrected chi connectivity index (χ4v) is 3.12. The van der Waals surface area contributed by atoms with Crippen molar-refractivity contribution in [1.29, 1.82) is 0 Å². The molecule has 4 heteroatoms. The van der Waals surface area contributed by atoms with Gasteiger partial charge in [-0.05, 0) is 37.5 Å². The zero-order valence-electron chi connectivity index (χ0n) is 12.5. The van der Waals surface area contributed by atoms with E-state index in [0.29, 0.717) is 19.3 Å². The molecule has 4 nitrogen and oxygen atoms in total. The molecule has 0 amide bonds. The van der Waals surface area contributed by atoms with Crippen LogP contribution < -0.4 is 5.73 Å². The molecule has 2 aliphatic carbocycles. The lowest BCUT2D eigenvalue weighted by Gasteiger charge is -2.45. The number of hydrogen-bond donors (Lipinski definition) is 1. The Morgan fingerprint density at radius 1 is 1.05 bits per heavy atom. The first-order valence-electron chi connectivity index (χ1n) is 7.63. The Morgan fingerprint density at radius 3 is 2.47 bits per heavy atom. The fraction of sp³-hybridized carbons (Fsp3) is 1.00. The summed E-state index contributed by atoms with van der Waals surface area (Å²) >= 11 is 0. The standard InChI is InChI=1S/C15H29NO3/c1-10-4-5-12(8-11(10)2)19-14-9-13(16)15(14)18-7-6-17-3/h10-15H,4-9,16H2,1-3H3. The summed E-state index contributed by atoms with van der Waals surface area (Å²) in [7, 11) is 1.68. The molecule has 19 heavy (non-hydrogen) atoms. The van der Waals surface area contributed by atoms with Gasteiger partial charge in [0.05, 0.1) is 31.5 Å². The monoisotopic (exact) mass is 271 g/mol. The van der Waals surface area contributed by atoms with Crippen LogP contribution in [0.1, 0.15) is 39.5 Å². The summed E-state index contributed by atoms with van der Waals surface area (Å²) in [5, 5.41) is 0. The fourth-order valence-electron chi connectivity index (χ4n) is 3.12. The predicted octanol–water partition coefficient (Wildman–Crippen LogP) is 1.96. The molecule has 2 aliphatic rings. The highest BCUT2D eigenvalue weighted by molar-refractivity contribution is 4.96. The van der Waals surface area contributed by atoms with Crippen molar-refractivity contribution in [2.24, 2.45) is 17.6 Å². The zero-order chi connectivity index (χ0) is 13.8. The van der Waals surface area contributed by atoms with Crippen molar-refractivity contribution in [3.63, 3.8) is 0 Å². The van der Waals surface area contributed by atoms with Gasteiger partial charge in [-0.25, -0.2) is 0 Å². The normalized spacial score (nSPS) is 42.9. The van der Waals surface area contributed by atoms with Crippen LogP contribution in [0.25, 0.3) is 0 Å². The maximum atomic E-state index is 6.21. The van der Waals surface area contributed by atoms with E-state index in [4.69, 9.17) is 19.9 Å². The molecule has 0 aromatic rings. The van der Waals surface area contributed by atoms with Gasteiger partial charge in [-0.15, -0.1) is 0 Å². The van der Waals surface area contributed by atoms with Gasteiger partial charge in [-0.2, -0.15) is 0 Å². The summed E-state index contributed by atoms with van der Waals surface area (Å²) in [6.07, 6.45) is 5.22. The van der Waals surface area contributed by atoms with Crippen molar-refractivity contribution in [3.8, 4) is 0 Å². The van der Waals surface area contributed by atoms with Crippen LogP contribution in [0.5, 0.6) is 0 Å². The summed E-state index contributed by atoms with van der Waals surface area (Å²) in [5.41, 5.74) is 6.00. The van der Waals surface area contributed by atoms with Crippen molar-refractivity contribution in [1.82, 2.24) is 0 Å². The molecule has 0 aliphatic heterocycles. The van der Waals surface area contributed by atoms with Crippen LogP contribution in [0.3, 0.4) is 0 Å². The van der Waals surface area contributed by atoms with E-state index in [9.17, 15) is 0 Å². The SMILES string of the molecule is COCCOC1C(N)CC1OC1CCC(C)C(C)C1. The molecule has 0 heterocycles. The Morgan fingerprint density at radius 2 is 1.84 bits per heavy atom. The van der Waals surface area contributed by atoms with Crippen LogP contribution in [-0.2, 0) is 14.2 Å². The van der Waals surface area contributed by atoms with Gasteiger partial charge in [-0.1, -0.05) is 13.8 Å². The van der Waals surface area contributed by atoms with E-state index in [2.05, 4.69) is 13.8 Å². The number of methoxy groups -OCH3 is 1. The van der Waals surface area contributed by atoms with Crippen molar-refractivity contribution < 1.29 is 14.2 Å². The van der Waals surface area contributed by atoms with E-state index in [-0.39, 0.29) is 18.2 Å². The Labute approximate surface area is 117 Å². The molecule has 2 N–H and O–H groups in total. The van der Waals surface area contributed by atoms with Gasteiger partial charge in [0.25, 0.3) is 0 Å². The highest BCUT2D eigenvalue weighted by Crippen LogP contribution is 2.35. The van der Waals surface area contributed by atoms with Crippen molar-refractivity contribution in [3.05, 3.63) is 0 Å². The largest absolute Gasteiger partial charge is 0.382 e. The van der Waals surface area contributed by atoms with Crippen LogP contribution >= 0.6 is 0 Å². The van der Waals surface area contributed by atoms with Gasteiger partial charge in [0, 0.05) is 13.2 Å². The lowest BCUT2D eigenvalue weighted by molar-refractivity contribution is -0.173. The smallest absolute Gasteiger partial charge is 0.0989 e. The second kappa shape index (κ2) is 7.02. The third-order valence-electron chi connectivity index (χ3n) is 4.81. The minimum atomic E-state index is 0.0600. The maximum absolute atomic E-state index is 6.21. The first-order chi connectivity index (χ1) is 9.11. The van der Waals surface area contributed by atoms with Gasteiger partial charge in [0.2, 0.25) is 0 Å². The highest BCUT2D eigenvalue weighted by Gasteiger charge is 2.42. The van der Waals surface area contributed by atoms with Gasteiger partial charge in [0.15, 0.2) is 0 Å². The number of nitrogens with two attached hydrogens (primary N) is 1. The van der Waals surface area contributed by atoms with E-state index >= 15 is 0 Å². The van der Waals surface area contributed by atoms with Gasteiger partial charge >= 0.3 is 0 Å². The molecule has 2 rings (SSSR count). The zero-order valence-corrected chi connectivity index (χ0v) is 12.5. The quantitative estimate of drug-likeness (QED) is 0.750. The molecule has 112 valence electrons. The molecule has 0 aromatic heterocycles. The van der Waals surface area contributed by atoms with E-state index in [1.807, 2.05) is 0 Å². The lowest BCUT2D eigenvalue weighted by Crippen LogP contribution is -2.59. The van der Waals surface area contributed by atoms with Crippen LogP contribution in [-0.4, -0.2) is 44.7 Å². The minimum Gasteiger partial charge on any atom is -0.382 e. The Hall–Kier alpha value is -0.160. The van der Waals surface area contributed by atoms with E-state index in [0.717, 1.165) is 18.3 Å². The molecule has 2 saturated carbocycles. The van der Waals surface area contributed by atoms with E-state index in [1.54, 1.807) is 7.11 Å². The van der Waals surface area contributed by atoms with Crippen molar-refractivity contribution in [2.75, 3.05) is 20.3 Å². The van der Waals surface area contributed by atoms with Gasteiger partial charge in [0.1, 0.15) is 0 Å². The third-order valence-corrected chi connectivity index (χ3v) is 4.81. The molecule has 0 radical (unpaired) electrons. The molecule has 0 aromatic carbocycles. The van der Waals surface area contributed by atoms with Crippen molar-refractivity contribution in [2.45, 2.75) is 63.9 Å². The summed E-state index contributed by atoms with van der Waals surface area (Å²) in [5.74, 6) is 1.60. The third kappa shape index (κ3) is 3.91. The van der Waals surface area contributed by atoms with Gasteiger partial charge < -0.3 is 19.9 Å². The number of hydrogen-bond acceptors (Lipinski definition) is 4. The Kier molecular flexibility index (Phi) is 5.63. The lowest BCUT2D eigenvalue weighted by atomic mass is 9.79. The van der Waals surface area contributed by atoms with Gasteiger partial charge in [-0.3, -0.25) is 0 Å². The topological polar surface area (TPSA) is 53.7 Å². The molecular weight excluding hydrogens is 242 g/mol. The van der Waals surface area contributed by atoms with Crippen LogP contribution in [0.4, 0.5) is 0 Å². The van der Waals surface area contributed by atoms with Crippen LogP contribution in [0.2, 0.25) is 0 Å². The average molecular weight is 271 g/mol. The second-order valence-corrected chi connectivity index (χ2v) is 6.29. The van der Waals surface area contributed by atoms with Crippen molar-refractivity contribution >= 4 is 0 Å². The Balaban J connectivity index is 1.73. The molecule has 0 spiro atoms. The molecule has 6 atom stereocenters. The average Bonchev–Trinajstić information content (AvgIpc) is 2.38. The summed E-state index contributed by atoms with van der Waals surface area (Å²) in [6.45, 7) is 5.90. The number of rotatable bonds is 6. The van der Waals surface area contributed by atoms with Crippen LogP contribution in [0.15, 0.2) is 0 Å². The predicted molar refractivity (Wildman–Crippen MR) is 75.0 cm³/mol. The van der Waals surface area contributed by atoms with Crippen LogP contribution in [0, 0.1) is 11.8 Å². The second-order valence-electron chi connectivity index (χ2n) is 6.29. The first-order valence-corrected chi connectivity index (χ1v) is 7.63. The molecule has 0 saturated heterocycles. The maximum Gasteiger partial charge on any atom is 0.0989 e. The molecule has 6 unspecified atom stereocenters. The van der Waals surface area contributed by atoms with E-state index < -0.39 is 0 Å². The highest BCUT2D eigenvalue weighted by atomic mass is 16.6. The summed E-state index contributed by atoms with van der Waals surface area (Å²) < 4.78 is 17.0. The first kappa shape index (κ1) is 15.2. The summed E-state index contributed by atoms with van der Waals surface area (Å²) in [6, 6.07) is 0.127. The molecular formula is C15H29NO3. The minimum absolute atomic E-state index is 0.0600. The number of ether oxygens (including phenoxy) is 3. The molecule has 2 fully saturated rings. The molecule has 0 bridgehead atoms.